The van der Waals surface area contributed by atoms with Gasteiger partial charge < -0.3 is 0 Å². The lowest BCUT2D eigenvalue weighted by atomic mass is 10.1. The number of rotatable bonds is 2. The number of pyridine rings is 1. The van der Waals surface area contributed by atoms with E-state index in [1.807, 2.05) is 0 Å². The summed E-state index contributed by atoms with van der Waals surface area (Å²) in [4.78, 5) is 3.58. The normalized spacial score (nSPS) is 10.3. The highest BCUT2D eigenvalue weighted by Gasteiger charge is 2.19. The number of halogens is 3. The molecule has 0 fully saturated rings. The van der Waals surface area contributed by atoms with Crippen LogP contribution in [0.15, 0.2) is 6.20 Å². The molecule has 0 aromatic carbocycles. The smallest absolute Gasteiger partial charge is 0.257 e. The molecule has 2 nitrogen and oxygen atoms in total. The molecule has 0 atom stereocenters. The Kier molecular flexibility index (Phi) is 3.07. The summed E-state index contributed by atoms with van der Waals surface area (Å²) in [6, 6.07) is 1.66. The molecular weight excluding hydrogens is 193 g/mol. The number of hydrogen-bond acceptors (Lipinski definition) is 2. The van der Waals surface area contributed by atoms with Gasteiger partial charge in [-0.3, -0.25) is 4.98 Å². The zero-order valence-corrected chi connectivity index (χ0v) is 7.39. The second-order valence-corrected chi connectivity index (χ2v) is 2.75. The summed E-state index contributed by atoms with van der Waals surface area (Å²) in [5.74, 6) is -1.07. The van der Waals surface area contributed by atoms with E-state index >= 15 is 0 Å². The molecule has 0 saturated carbocycles. The van der Waals surface area contributed by atoms with E-state index in [1.54, 1.807) is 6.07 Å². The fourth-order valence-corrected chi connectivity index (χ4v) is 1.10. The molecule has 0 bridgehead atoms. The highest BCUT2D eigenvalue weighted by molar-refractivity contribution is 5.29. The molecule has 0 N–H and O–H groups in total. The van der Waals surface area contributed by atoms with Gasteiger partial charge in [0.2, 0.25) is 0 Å². The first kappa shape index (κ1) is 10.5. The second-order valence-electron chi connectivity index (χ2n) is 2.75. The predicted octanol–water partition coefficient (Wildman–Crippen LogP) is 2.53. The van der Waals surface area contributed by atoms with Gasteiger partial charge in [0.15, 0.2) is 5.82 Å². The molecular formula is C9H7F3N2. The standard InChI is InChI=1S/C9H7F3N2/c1-5-4-14-6(2-3-13)8(10)7(5)9(11)12/h4,9H,2H2,1H3. The van der Waals surface area contributed by atoms with Crippen LogP contribution in [-0.2, 0) is 6.42 Å². The molecule has 0 saturated heterocycles. The monoisotopic (exact) mass is 200 g/mol. The fraction of sp³-hybridized carbons (Fsp3) is 0.333. The minimum absolute atomic E-state index is 0.0965. The van der Waals surface area contributed by atoms with Gasteiger partial charge in [-0.05, 0) is 12.5 Å². The van der Waals surface area contributed by atoms with Gasteiger partial charge in [-0.2, -0.15) is 5.26 Å². The Morgan fingerprint density at radius 2 is 2.21 bits per heavy atom. The minimum atomic E-state index is -2.88. The number of nitriles is 1. The van der Waals surface area contributed by atoms with Crippen LogP contribution in [0.25, 0.3) is 0 Å². The Balaban J connectivity index is 3.28. The Bertz CT molecular complexity index is 382. The van der Waals surface area contributed by atoms with Gasteiger partial charge in [0, 0.05) is 6.20 Å². The molecule has 5 heteroatoms. The fourth-order valence-electron chi connectivity index (χ4n) is 1.10. The largest absolute Gasteiger partial charge is 0.267 e. The van der Waals surface area contributed by atoms with Crippen LogP contribution in [0, 0.1) is 24.1 Å². The molecule has 0 spiro atoms. The van der Waals surface area contributed by atoms with Gasteiger partial charge >= 0.3 is 0 Å². The first-order valence-corrected chi connectivity index (χ1v) is 3.87. The number of aryl methyl sites for hydroxylation is 1. The number of nitrogens with zero attached hydrogens (tertiary/aromatic N) is 2. The summed E-state index contributed by atoms with van der Waals surface area (Å²) >= 11 is 0. The van der Waals surface area contributed by atoms with E-state index in [4.69, 9.17) is 5.26 Å². The van der Waals surface area contributed by atoms with Crippen molar-refractivity contribution in [2.45, 2.75) is 19.8 Å². The molecule has 0 aliphatic heterocycles. The maximum atomic E-state index is 13.3. The van der Waals surface area contributed by atoms with Gasteiger partial charge in [-0.25, -0.2) is 13.2 Å². The SMILES string of the molecule is Cc1cnc(CC#N)c(F)c1C(F)F. The van der Waals surface area contributed by atoms with Gasteiger partial charge in [0.05, 0.1) is 23.7 Å². The molecule has 1 rings (SSSR count). The summed E-state index contributed by atoms with van der Waals surface area (Å²) in [5, 5.41) is 8.30. The van der Waals surface area contributed by atoms with E-state index in [9.17, 15) is 13.2 Å². The molecule has 14 heavy (non-hydrogen) atoms. The average molecular weight is 200 g/mol. The Hall–Kier alpha value is -1.57. The maximum Gasteiger partial charge on any atom is 0.267 e. The van der Waals surface area contributed by atoms with Crippen molar-refractivity contribution >= 4 is 0 Å². The molecule has 0 amide bonds. The van der Waals surface area contributed by atoms with E-state index < -0.39 is 17.8 Å². The summed E-state index contributed by atoms with van der Waals surface area (Å²) in [7, 11) is 0. The third-order valence-electron chi connectivity index (χ3n) is 1.79. The van der Waals surface area contributed by atoms with Gasteiger partial charge in [0.25, 0.3) is 6.43 Å². The topological polar surface area (TPSA) is 36.7 Å². The molecule has 74 valence electrons. The van der Waals surface area contributed by atoms with Crippen molar-refractivity contribution in [3.05, 3.63) is 28.8 Å². The van der Waals surface area contributed by atoms with Crippen LogP contribution < -0.4 is 0 Å². The van der Waals surface area contributed by atoms with Crippen LogP contribution in [0.5, 0.6) is 0 Å². The van der Waals surface area contributed by atoms with Crippen molar-refractivity contribution in [3.8, 4) is 6.07 Å². The van der Waals surface area contributed by atoms with E-state index in [0.29, 0.717) is 0 Å². The van der Waals surface area contributed by atoms with Crippen molar-refractivity contribution in [3.63, 3.8) is 0 Å². The van der Waals surface area contributed by atoms with E-state index in [2.05, 4.69) is 4.98 Å². The quantitative estimate of drug-likeness (QED) is 0.735. The molecule has 0 aliphatic rings. The first-order chi connectivity index (χ1) is 6.57. The summed E-state index contributed by atoms with van der Waals surface area (Å²) in [6.07, 6.45) is -2.03. The van der Waals surface area contributed by atoms with Crippen molar-refractivity contribution < 1.29 is 13.2 Å². The molecule has 0 radical (unpaired) electrons. The molecule has 1 aromatic rings. The third-order valence-corrected chi connectivity index (χ3v) is 1.79. The first-order valence-electron chi connectivity index (χ1n) is 3.87. The second kappa shape index (κ2) is 4.09. The third kappa shape index (κ3) is 1.84. The van der Waals surface area contributed by atoms with Gasteiger partial charge in [-0.1, -0.05) is 0 Å². The molecule has 1 aromatic heterocycles. The average Bonchev–Trinajstić information content (AvgIpc) is 2.10. The Morgan fingerprint density at radius 1 is 1.57 bits per heavy atom. The lowest BCUT2D eigenvalue weighted by Crippen LogP contribution is -2.03. The lowest BCUT2D eigenvalue weighted by Gasteiger charge is -2.07. The van der Waals surface area contributed by atoms with Gasteiger partial charge in [-0.15, -0.1) is 0 Å². The van der Waals surface area contributed by atoms with Crippen molar-refractivity contribution in [2.24, 2.45) is 0 Å². The van der Waals surface area contributed by atoms with Crippen LogP contribution in [0.4, 0.5) is 13.2 Å². The van der Waals surface area contributed by atoms with Crippen molar-refractivity contribution in [1.29, 1.82) is 5.26 Å². The highest BCUT2D eigenvalue weighted by atomic mass is 19.3. The lowest BCUT2D eigenvalue weighted by molar-refractivity contribution is 0.145. The number of aromatic nitrogens is 1. The number of alkyl halides is 2. The molecule has 0 aliphatic carbocycles. The van der Waals surface area contributed by atoms with E-state index in [-0.39, 0.29) is 17.7 Å². The summed E-state index contributed by atoms with van der Waals surface area (Å²) < 4.78 is 38.0. The van der Waals surface area contributed by atoms with Gasteiger partial charge in [0.1, 0.15) is 0 Å². The Morgan fingerprint density at radius 3 is 2.71 bits per heavy atom. The summed E-state index contributed by atoms with van der Waals surface area (Å²) in [5.41, 5.74) is -0.794. The zero-order chi connectivity index (χ0) is 10.7. The summed E-state index contributed by atoms with van der Waals surface area (Å²) in [6.45, 7) is 1.35. The van der Waals surface area contributed by atoms with Crippen LogP contribution >= 0.6 is 0 Å². The predicted molar refractivity (Wildman–Crippen MR) is 43.2 cm³/mol. The molecule has 1 heterocycles. The number of hydrogen-bond donors (Lipinski definition) is 0. The highest BCUT2D eigenvalue weighted by Crippen LogP contribution is 2.26. The minimum Gasteiger partial charge on any atom is -0.257 e. The van der Waals surface area contributed by atoms with Crippen LogP contribution in [0.1, 0.15) is 23.2 Å². The zero-order valence-electron chi connectivity index (χ0n) is 7.39. The Labute approximate surface area is 79.0 Å². The van der Waals surface area contributed by atoms with Crippen LogP contribution in [0.3, 0.4) is 0 Å². The van der Waals surface area contributed by atoms with E-state index in [0.717, 1.165) is 6.20 Å². The van der Waals surface area contributed by atoms with E-state index in [1.165, 1.54) is 6.92 Å². The maximum absolute atomic E-state index is 13.3. The van der Waals surface area contributed by atoms with Crippen molar-refractivity contribution in [2.75, 3.05) is 0 Å². The van der Waals surface area contributed by atoms with Crippen molar-refractivity contribution in [1.82, 2.24) is 4.98 Å². The molecule has 0 unspecified atom stereocenters. The van der Waals surface area contributed by atoms with Crippen LogP contribution in [0.2, 0.25) is 0 Å². The van der Waals surface area contributed by atoms with Crippen LogP contribution in [-0.4, -0.2) is 4.98 Å².